The second kappa shape index (κ2) is 8.67. The van der Waals surface area contributed by atoms with Crippen molar-refractivity contribution in [2.24, 2.45) is 0 Å². The lowest BCUT2D eigenvalue weighted by molar-refractivity contribution is -0.134. The van der Waals surface area contributed by atoms with Crippen molar-refractivity contribution in [3.8, 4) is 0 Å². The third-order valence-electron chi connectivity index (χ3n) is 4.12. The van der Waals surface area contributed by atoms with E-state index in [0.29, 0.717) is 13.1 Å². The molecule has 0 atom stereocenters. The first kappa shape index (κ1) is 19.7. The summed E-state index contributed by atoms with van der Waals surface area (Å²) in [6.07, 6.45) is 6.31. The Hall–Kier alpha value is -1.60. The maximum Gasteiger partial charge on any atom is 0.340 e. The Bertz CT molecular complexity index is 739. The SMILES string of the molecule is CS(=O)(=O)c1ccc(Cl)c(C(=O)OCC(=O)N2CCCCCCC2)c1. The molecule has 0 radical (unpaired) electrons. The van der Waals surface area contributed by atoms with Gasteiger partial charge in [0.15, 0.2) is 16.4 Å². The number of halogens is 1. The molecule has 0 aromatic heterocycles. The summed E-state index contributed by atoms with van der Waals surface area (Å²) >= 11 is 5.95. The zero-order chi connectivity index (χ0) is 18.4. The van der Waals surface area contributed by atoms with Gasteiger partial charge in [0.25, 0.3) is 5.91 Å². The highest BCUT2D eigenvalue weighted by Gasteiger charge is 2.20. The summed E-state index contributed by atoms with van der Waals surface area (Å²) in [6.45, 7) is 0.958. The maximum absolute atomic E-state index is 12.2. The number of sulfone groups is 1. The van der Waals surface area contributed by atoms with Crippen molar-refractivity contribution < 1.29 is 22.7 Å². The van der Waals surface area contributed by atoms with E-state index in [4.69, 9.17) is 16.3 Å². The highest BCUT2D eigenvalue weighted by atomic mass is 35.5. The predicted octanol–water partition coefficient (Wildman–Crippen LogP) is 2.69. The molecule has 138 valence electrons. The van der Waals surface area contributed by atoms with Crippen molar-refractivity contribution in [3.63, 3.8) is 0 Å². The largest absolute Gasteiger partial charge is 0.452 e. The molecule has 1 fully saturated rings. The molecule has 0 spiro atoms. The number of nitrogens with zero attached hydrogens (tertiary/aromatic N) is 1. The number of benzene rings is 1. The molecule has 6 nitrogen and oxygen atoms in total. The fourth-order valence-electron chi connectivity index (χ4n) is 2.68. The molecule has 1 aliphatic rings. The summed E-state index contributed by atoms with van der Waals surface area (Å²) in [6, 6.07) is 3.81. The van der Waals surface area contributed by atoms with Gasteiger partial charge in [-0.25, -0.2) is 13.2 Å². The Labute approximate surface area is 153 Å². The van der Waals surface area contributed by atoms with Gasteiger partial charge in [0, 0.05) is 19.3 Å². The van der Waals surface area contributed by atoms with Crippen LogP contribution in [0.5, 0.6) is 0 Å². The first-order chi connectivity index (χ1) is 11.8. The molecule has 2 rings (SSSR count). The second-order valence-electron chi connectivity index (χ2n) is 6.14. The molecule has 0 N–H and O–H groups in total. The van der Waals surface area contributed by atoms with Crippen LogP contribution in [0.2, 0.25) is 5.02 Å². The van der Waals surface area contributed by atoms with Crippen LogP contribution in [0.15, 0.2) is 23.1 Å². The zero-order valence-electron chi connectivity index (χ0n) is 14.2. The topological polar surface area (TPSA) is 80.7 Å². The Morgan fingerprint density at radius 3 is 2.32 bits per heavy atom. The van der Waals surface area contributed by atoms with E-state index in [1.807, 2.05) is 0 Å². The molecule has 25 heavy (non-hydrogen) atoms. The van der Waals surface area contributed by atoms with E-state index in [0.717, 1.165) is 31.9 Å². The Balaban J connectivity index is 2.01. The van der Waals surface area contributed by atoms with E-state index in [9.17, 15) is 18.0 Å². The quantitative estimate of drug-likeness (QED) is 0.742. The van der Waals surface area contributed by atoms with Crippen LogP contribution >= 0.6 is 11.6 Å². The summed E-state index contributed by atoms with van der Waals surface area (Å²) < 4.78 is 28.2. The van der Waals surface area contributed by atoms with E-state index >= 15 is 0 Å². The number of hydrogen-bond acceptors (Lipinski definition) is 5. The van der Waals surface area contributed by atoms with Crippen LogP contribution < -0.4 is 0 Å². The summed E-state index contributed by atoms with van der Waals surface area (Å²) in [7, 11) is -3.47. The van der Waals surface area contributed by atoms with Gasteiger partial charge in [-0.1, -0.05) is 30.9 Å². The van der Waals surface area contributed by atoms with E-state index < -0.39 is 15.8 Å². The second-order valence-corrected chi connectivity index (χ2v) is 8.56. The summed E-state index contributed by atoms with van der Waals surface area (Å²) in [5.41, 5.74) is -0.0648. The van der Waals surface area contributed by atoms with Gasteiger partial charge in [0.1, 0.15) is 0 Å². The molecule has 1 aromatic carbocycles. The van der Waals surface area contributed by atoms with Gasteiger partial charge in [-0.2, -0.15) is 0 Å². The third kappa shape index (κ3) is 5.71. The van der Waals surface area contributed by atoms with Crippen molar-refractivity contribution in [2.45, 2.75) is 37.0 Å². The van der Waals surface area contributed by atoms with Crippen molar-refractivity contribution in [2.75, 3.05) is 26.0 Å². The summed E-state index contributed by atoms with van der Waals surface area (Å²) in [4.78, 5) is 26.1. The van der Waals surface area contributed by atoms with Crippen LogP contribution in [0.4, 0.5) is 0 Å². The van der Waals surface area contributed by atoms with E-state index in [1.54, 1.807) is 4.90 Å². The standard InChI is InChI=1S/C17H22ClNO5S/c1-25(22,23)13-7-8-15(18)14(11-13)17(21)24-12-16(20)19-9-5-3-2-4-6-10-19/h7-8,11H,2-6,9-10,12H2,1H3. The average Bonchev–Trinajstić information content (AvgIpc) is 2.51. The summed E-state index contributed by atoms with van der Waals surface area (Å²) in [5.74, 6) is -1.05. The lowest BCUT2D eigenvalue weighted by Gasteiger charge is -2.24. The smallest absolute Gasteiger partial charge is 0.340 e. The number of carbonyl (C=O) groups excluding carboxylic acids is 2. The van der Waals surface area contributed by atoms with Crippen LogP contribution in [0, 0.1) is 0 Å². The minimum atomic E-state index is -3.47. The van der Waals surface area contributed by atoms with Crippen molar-refractivity contribution in [1.29, 1.82) is 0 Å². The van der Waals surface area contributed by atoms with E-state index in [1.165, 1.54) is 24.6 Å². The van der Waals surface area contributed by atoms with Gasteiger partial charge in [-0.05, 0) is 31.0 Å². The van der Waals surface area contributed by atoms with Crippen LogP contribution in [-0.2, 0) is 19.4 Å². The molecule has 0 bridgehead atoms. The molecule has 1 saturated heterocycles. The molecule has 8 heteroatoms. The number of amides is 1. The number of ether oxygens (including phenoxy) is 1. The molecule has 0 unspecified atom stereocenters. The summed E-state index contributed by atoms with van der Waals surface area (Å²) in [5, 5.41) is 0.0797. The third-order valence-corrected chi connectivity index (χ3v) is 5.56. The highest BCUT2D eigenvalue weighted by Crippen LogP contribution is 2.21. The number of likely N-dealkylation sites (tertiary alicyclic amines) is 1. The van der Waals surface area contributed by atoms with Crippen LogP contribution in [0.3, 0.4) is 0 Å². The van der Waals surface area contributed by atoms with E-state index in [2.05, 4.69) is 0 Å². The molecular formula is C17H22ClNO5S. The normalized spacial score (nSPS) is 16.0. The Kier molecular flexibility index (Phi) is 6.84. The first-order valence-electron chi connectivity index (χ1n) is 8.23. The van der Waals surface area contributed by atoms with Crippen LogP contribution in [0.1, 0.15) is 42.5 Å². The van der Waals surface area contributed by atoms with Gasteiger partial charge < -0.3 is 9.64 Å². The lowest BCUT2D eigenvalue weighted by Crippen LogP contribution is -2.37. The molecule has 1 aromatic rings. The lowest BCUT2D eigenvalue weighted by atomic mass is 10.1. The molecular weight excluding hydrogens is 366 g/mol. The Morgan fingerprint density at radius 2 is 1.72 bits per heavy atom. The highest BCUT2D eigenvalue weighted by molar-refractivity contribution is 7.90. The minimum Gasteiger partial charge on any atom is -0.452 e. The fraction of sp³-hybridized carbons (Fsp3) is 0.529. The van der Waals surface area contributed by atoms with Gasteiger partial charge in [-0.3, -0.25) is 4.79 Å². The van der Waals surface area contributed by atoms with E-state index in [-0.39, 0.29) is 28.0 Å². The number of hydrogen-bond donors (Lipinski definition) is 0. The van der Waals surface area contributed by atoms with Crippen LogP contribution in [-0.4, -0.2) is 51.1 Å². The van der Waals surface area contributed by atoms with Gasteiger partial charge in [0.2, 0.25) is 0 Å². The minimum absolute atomic E-state index is 0.0288. The van der Waals surface area contributed by atoms with Crippen molar-refractivity contribution in [3.05, 3.63) is 28.8 Å². The number of carbonyl (C=O) groups is 2. The molecule has 0 saturated carbocycles. The number of esters is 1. The van der Waals surface area contributed by atoms with Gasteiger partial charge >= 0.3 is 5.97 Å². The zero-order valence-corrected chi connectivity index (χ0v) is 15.7. The first-order valence-corrected chi connectivity index (χ1v) is 10.5. The molecule has 1 heterocycles. The monoisotopic (exact) mass is 387 g/mol. The van der Waals surface area contributed by atoms with Crippen LogP contribution in [0.25, 0.3) is 0 Å². The van der Waals surface area contributed by atoms with Gasteiger partial charge in [-0.15, -0.1) is 0 Å². The number of rotatable bonds is 4. The fourth-order valence-corrected chi connectivity index (χ4v) is 3.53. The molecule has 1 aliphatic heterocycles. The predicted molar refractivity (Wildman–Crippen MR) is 94.5 cm³/mol. The maximum atomic E-state index is 12.2. The molecule has 0 aliphatic carbocycles. The van der Waals surface area contributed by atoms with Crippen molar-refractivity contribution in [1.82, 2.24) is 4.90 Å². The Morgan fingerprint density at radius 1 is 1.12 bits per heavy atom. The average molecular weight is 388 g/mol. The van der Waals surface area contributed by atoms with Gasteiger partial charge in [0.05, 0.1) is 15.5 Å². The molecule has 1 amide bonds. The van der Waals surface area contributed by atoms with Crippen molar-refractivity contribution >= 4 is 33.3 Å².